The van der Waals surface area contributed by atoms with E-state index in [9.17, 15) is 4.79 Å². The van der Waals surface area contributed by atoms with Crippen molar-refractivity contribution >= 4 is 5.97 Å². The Hall–Kier alpha value is -3.29. The van der Waals surface area contributed by atoms with Gasteiger partial charge in [0, 0.05) is 18.3 Å². The van der Waals surface area contributed by atoms with Crippen molar-refractivity contribution < 1.29 is 14.6 Å². The largest absolute Gasteiger partial charge is 0.487 e. The lowest BCUT2D eigenvalue weighted by Crippen LogP contribution is -2.25. The number of carboxylic acids is 1. The first-order valence-electron chi connectivity index (χ1n) is 9.05. The molecule has 0 saturated carbocycles. The van der Waals surface area contributed by atoms with Crippen molar-refractivity contribution in [2.75, 3.05) is 6.54 Å². The highest BCUT2D eigenvalue weighted by atomic mass is 16.5. The third kappa shape index (κ3) is 4.16. The Morgan fingerprint density at radius 2 is 2.11 bits per heavy atom. The maximum atomic E-state index is 11.2. The van der Waals surface area contributed by atoms with Crippen LogP contribution < -0.4 is 15.6 Å². The molecule has 3 N–H and O–H groups in total. The zero-order valence-corrected chi connectivity index (χ0v) is 15.1. The maximum absolute atomic E-state index is 11.2. The molecule has 7 nitrogen and oxygen atoms in total. The van der Waals surface area contributed by atoms with Gasteiger partial charge < -0.3 is 9.84 Å². The molecule has 3 aromatic rings. The molecule has 3 heterocycles. The fourth-order valence-electron chi connectivity index (χ4n) is 3.10. The fourth-order valence-corrected chi connectivity index (χ4v) is 3.10. The van der Waals surface area contributed by atoms with Crippen molar-refractivity contribution in [1.82, 2.24) is 20.8 Å². The highest BCUT2D eigenvalue weighted by Gasteiger charge is 2.16. The number of ether oxygens (including phenoxy) is 1. The number of aromatic carboxylic acids is 1. The van der Waals surface area contributed by atoms with Crippen LogP contribution in [0.25, 0.3) is 11.3 Å². The Labute approximate surface area is 162 Å². The van der Waals surface area contributed by atoms with Gasteiger partial charge in [-0.1, -0.05) is 18.2 Å². The van der Waals surface area contributed by atoms with Gasteiger partial charge in [-0.05, 0) is 42.3 Å². The molecule has 4 rings (SSSR count). The van der Waals surface area contributed by atoms with Crippen LogP contribution in [-0.2, 0) is 6.61 Å². The molecule has 1 fully saturated rings. The predicted molar refractivity (Wildman–Crippen MR) is 104 cm³/mol. The highest BCUT2D eigenvalue weighted by Crippen LogP contribution is 2.22. The number of nitrogens with zero attached hydrogens (tertiary/aromatic N) is 2. The molecular weight excluding hydrogens is 356 g/mol. The zero-order valence-electron chi connectivity index (χ0n) is 15.1. The average molecular weight is 376 g/mol. The molecule has 1 aromatic carbocycles. The summed E-state index contributed by atoms with van der Waals surface area (Å²) in [7, 11) is 0. The van der Waals surface area contributed by atoms with Gasteiger partial charge in [-0.2, -0.15) is 0 Å². The molecule has 0 amide bonds. The van der Waals surface area contributed by atoms with E-state index in [1.54, 1.807) is 12.3 Å². The highest BCUT2D eigenvalue weighted by molar-refractivity contribution is 5.88. The number of nitrogens with one attached hydrogen (secondary N) is 2. The summed E-state index contributed by atoms with van der Waals surface area (Å²) in [5, 5.41) is 9.15. The summed E-state index contributed by atoms with van der Waals surface area (Å²) in [6.45, 7) is 1.32. The minimum atomic E-state index is -0.970. The van der Waals surface area contributed by atoms with Crippen LogP contribution in [0.15, 0.2) is 60.9 Å². The number of rotatable bonds is 6. The van der Waals surface area contributed by atoms with Crippen molar-refractivity contribution in [3.8, 4) is 17.0 Å². The molecule has 0 aliphatic carbocycles. The van der Waals surface area contributed by atoms with E-state index in [2.05, 4.69) is 20.8 Å². The van der Waals surface area contributed by atoms with Crippen LogP contribution in [0.3, 0.4) is 0 Å². The van der Waals surface area contributed by atoms with E-state index < -0.39 is 5.97 Å². The summed E-state index contributed by atoms with van der Waals surface area (Å²) >= 11 is 0. The predicted octanol–water partition coefficient (Wildman–Crippen LogP) is 2.96. The Balaban J connectivity index is 1.43. The topological polar surface area (TPSA) is 96.4 Å². The number of pyridine rings is 2. The Morgan fingerprint density at radius 3 is 2.86 bits per heavy atom. The van der Waals surface area contributed by atoms with Crippen LogP contribution in [0.4, 0.5) is 0 Å². The molecule has 0 radical (unpaired) electrons. The number of carbonyl (C=O) groups is 1. The van der Waals surface area contributed by atoms with E-state index in [1.165, 1.54) is 12.3 Å². The summed E-state index contributed by atoms with van der Waals surface area (Å²) in [5.41, 5.74) is 9.92. The first-order valence-corrected chi connectivity index (χ1v) is 9.05. The van der Waals surface area contributed by atoms with Gasteiger partial charge in [0.25, 0.3) is 0 Å². The molecule has 142 valence electrons. The third-order valence-corrected chi connectivity index (χ3v) is 4.59. The number of carboxylic acid groups (broad SMARTS) is 1. The minimum Gasteiger partial charge on any atom is -0.487 e. The van der Waals surface area contributed by atoms with Crippen LogP contribution in [0.1, 0.15) is 34.1 Å². The van der Waals surface area contributed by atoms with Crippen molar-refractivity contribution in [3.63, 3.8) is 0 Å². The Kier molecular flexibility index (Phi) is 5.27. The van der Waals surface area contributed by atoms with Crippen molar-refractivity contribution in [1.29, 1.82) is 0 Å². The van der Waals surface area contributed by atoms with Gasteiger partial charge in [0.15, 0.2) is 0 Å². The Morgan fingerprint density at radius 1 is 1.18 bits per heavy atom. The lowest BCUT2D eigenvalue weighted by molar-refractivity contribution is 0.0697. The standard InChI is InChI=1S/C21H20N4O3/c26-21(27)16-6-8-22-20(11-16)15-3-1-2-14(10-15)13-28-17-4-5-18(23-12-17)19-7-9-24-25-19/h1-6,8,10-12,19,24-25H,7,9,13H2,(H,26,27). The van der Waals surface area contributed by atoms with Gasteiger partial charge in [0.2, 0.25) is 0 Å². The van der Waals surface area contributed by atoms with Gasteiger partial charge in [-0.3, -0.25) is 15.4 Å². The van der Waals surface area contributed by atoms with Gasteiger partial charge >= 0.3 is 5.97 Å². The van der Waals surface area contributed by atoms with Crippen LogP contribution in [0.5, 0.6) is 5.75 Å². The van der Waals surface area contributed by atoms with E-state index in [-0.39, 0.29) is 11.6 Å². The maximum Gasteiger partial charge on any atom is 0.335 e. The first-order chi connectivity index (χ1) is 13.7. The van der Waals surface area contributed by atoms with Gasteiger partial charge in [-0.25, -0.2) is 10.2 Å². The van der Waals surface area contributed by atoms with Crippen molar-refractivity contribution in [3.05, 3.63) is 77.7 Å². The lowest BCUT2D eigenvalue weighted by Gasteiger charge is -2.11. The summed E-state index contributed by atoms with van der Waals surface area (Å²) in [4.78, 5) is 19.9. The Bertz CT molecular complexity index is 969. The quantitative estimate of drug-likeness (QED) is 0.609. The average Bonchev–Trinajstić information content (AvgIpc) is 3.28. The SMILES string of the molecule is O=C(O)c1ccnc(-c2cccc(COc3ccc(C4CCNN4)nc3)c2)c1. The van der Waals surface area contributed by atoms with Crippen LogP contribution in [0.2, 0.25) is 0 Å². The number of hydrogen-bond acceptors (Lipinski definition) is 6. The number of benzene rings is 1. The van der Waals surface area contributed by atoms with E-state index >= 15 is 0 Å². The summed E-state index contributed by atoms with van der Waals surface area (Å²) < 4.78 is 5.85. The van der Waals surface area contributed by atoms with Crippen molar-refractivity contribution in [2.24, 2.45) is 0 Å². The molecule has 7 heteroatoms. The zero-order chi connectivity index (χ0) is 19.3. The number of aromatic nitrogens is 2. The van der Waals surface area contributed by atoms with Crippen LogP contribution in [-0.4, -0.2) is 27.6 Å². The second-order valence-electron chi connectivity index (χ2n) is 6.56. The number of hydrazine groups is 1. The molecule has 1 aliphatic rings. The van der Waals surface area contributed by atoms with Gasteiger partial charge in [0.05, 0.1) is 29.2 Å². The molecule has 1 aliphatic heterocycles. The molecule has 1 saturated heterocycles. The molecule has 0 spiro atoms. The fraction of sp³-hybridized carbons (Fsp3) is 0.190. The second-order valence-corrected chi connectivity index (χ2v) is 6.56. The molecular formula is C21H20N4O3. The second kappa shape index (κ2) is 8.16. The van der Waals surface area contributed by atoms with Gasteiger partial charge in [0.1, 0.15) is 12.4 Å². The monoisotopic (exact) mass is 376 g/mol. The van der Waals surface area contributed by atoms with E-state index in [0.29, 0.717) is 18.1 Å². The first kappa shape index (κ1) is 18.1. The van der Waals surface area contributed by atoms with E-state index in [4.69, 9.17) is 9.84 Å². The third-order valence-electron chi connectivity index (χ3n) is 4.59. The molecule has 2 aromatic heterocycles. The minimum absolute atomic E-state index is 0.213. The van der Waals surface area contributed by atoms with Crippen molar-refractivity contribution in [2.45, 2.75) is 19.1 Å². The smallest absolute Gasteiger partial charge is 0.335 e. The molecule has 28 heavy (non-hydrogen) atoms. The van der Waals surface area contributed by atoms with Crippen LogP contribution >= 0.6 is 0 Å². The number of hydrogen-bond donors (Lipinski definition) is 3. The van der Waals surface area contributed by atoms with E-state index in [1.807, 2.05) is 36.4 Å². The summed E-state index contributed by atoms with van der Waals surface area (Å²) in [6, 6.07) is 14.9. The van der Waals surface area contributed by atoms with E-state index in [0.717, 1.165) is 29.8 Å². The molecule has 1 unspecified atom stereocenters. The summed E-state index contributed by atoms with van der Waals surface area (Å²) in [6.07, 6.45) is 4.25. The van der Waals surface area contributed by atoms with Gasteiger partial charge in [-0.15, -0.1) is 0 Å². The molecule has 1 atom stereocenters. The van der Waals surface area contributed by atoms with Crippen LogP contribution in [0, 0.1) is 0 Å². The summed E-state index contributed by atoms with van der Waals surface area (Å²) in [5.74, 6) is -0.270. The normalized spacial score (nSPS) is 16.1. The molecule has 0 bridgehead atoms. The lowest BCUT2D eigenvalue weighted by atomic mass is 10.1.